The Bertz CT molecular complexity index is 374. The SMILES string of the molecule is CC(C)CNC(=O)c1cn2c(n1)CCNCC2. The first-order valence-corrected chi connectivity index (χ1v) is 6.22. The average Bonchev–Trinajstić information content (AvgIpc) is 2.58. The number of nitrogens with zero attached hydrogens (tertiary/aromatic N) is 2. The summed E-state index contributed by atoms with van der Waals surface area (Å²) in [7, 11) is 0. The molecule has 0 saturated heterocycles. The average molecular weight is 236 g/mol. The number of nitrogens with one attached hydrogen (secondary N) is 2. The molecule has 0 atom stereocenters. The zero-order valence-electron chi connectivity index (χ0n) is 10.5. The number of aromatic nitrogens is 2. The summed E-state index contributed by atoms with van der Waals surface area (Å²) >= 11 is 0. The zero-order valence-corrected chi connectivity index (χ0v) is 10.5. The fourth-order valence-electron chi connectivity index (χ4n) is 1.87. The summed E-state index contributed by atoms with van der Waals surface area (Å²) in [5, 5.41) is 6.20. The van der Waals surface area contributed by atoms with Crippen molar-refractivity contribution < 1.29 is 4.79 Å². The van der Waals surface area contributed by atoms with E-state index < -0.39 is 0 Å². The van der Waals surface area contributed by atoms with Gasteiger partial charge in [0.2, 0.25) is 0 Å². The first kappa shape index (κ1) is 12.1. The van der Waals surface area contributed by atoms with Crippen LogP contribution in [-0.2, 0) is 13.0 Å². The van der Waals surface area contributed by atoms with Crippen LogP contribution in [0.25, 0.3) is 0 Å². The summed E-state index contributed by atoms with van der Waals surface area (Å²) in [6, 6.07) is 0. The highest BCUT2D eigenvalue weighted by molar-refractivity contribution is 5.92. The number of imidazole rings is 1. The smallest absolute Gasteiger partial charge is 0.271 e. The van der Waals surface area contributed by atoms with E-state index in [9.17, 15) is 4.79 Å². The van der Waals surface area contributed by atoms with Crippen molar-refractivity contribution in [3.8, 4) is 0 Å². The number of carbonyl (C=O) groups is 1. The summed E-state index contributed by atoms with van der Waals surface area (Å²) in [5.74, 6) is 1.40. The second kappa shape index (κ2) is 5.31. The van der Waals surface area contributed by atoms with Gasteiger partial charge in [-0.3, -0.25) is 4.79 Å². The first-order valence-electron chi connectivity index (χ1n) is 6.22. The second-order valence-corrected chi connectivity index (χ2v) is 4.84. The highest BCUT2D eigenvalue weighted by atomic mass is 16.1. The molecule has 0 fully saturated rings. The van der Waals surface area contributed by atoms with Gasteiger partial charge in [-0.1, -0.05) is 13.8 Å². The molecule has 5 heteroatoms. The molecule has 0 unspecified atom stereocenters. The van der Waals surface area contributed by atoms with Gasteiger partial charge in [0.25, 0.3) is 5.91 Å². The van der Waals surface area contributed by atoms with Crippen molar-refractivity contribution in [3.05, 3.63) is 17.7 Å². The van der Waals surface area contributed by atoms with Crippen molar-refractivity contribution in [1.29, 1.82) is 0 Å². The molecule has 1 aliphatic heterocycles. The van der Waals surface area contributed by atoms with Gasteiger partial charge in [-0.15, -0.1) is 0 Å². The molecule has 17 heavy (non-hydrogen) atoms. The highest BCUT2D eigenvalue weighted by Crippen LogP contribution is 2.06. The molecule has 1 aliphatic rings. The van der Waals surface area contributed by atoms with Crippen molar-refractivity contribution in [3.63, 3.8) is 0 Å². The molecule has 1 aromatic heterocycles. The lowest BCUT2D eigenvalue weighted by Gasteiger charge is -2.05. The van der Waals surface area contributed by atoms with Crippen LogP contribution in [0.3, 0.4) is 0 Å². The van der Waals surface area contributed by atoms with Crippen molar-refractivity contribution in [1.82, 2.24) is 20.2 Å². The summed E-state index contributed by atoms with van der Waals surface area (Å²) in [6.45, 7) is 7.62. The van der Waals surface area contributed by atoms with E-state index in [1.807, 2.05) is 6.20 Å². The van der Waals surface area contributed by atoms with Gasteiger partial charge in [-0.25, -0.2) is 4.98 Å². The van der Waals surface area contributed by atoms with Crippen molar-refractivity contribution in [2.24, 2.45) is 5.92 Å². The quantitative estimate of drug-likeness (QED) is 0.799. The van der Waals surface area contributed by atoms with Crippen LogP contribution in [0.1, 0.15) is 30.2 Å². The molecular weight excluding hydrogens is 216 g/mol. The molecule has 94 valence electrons. The van der Waals surface area contributed by atoms with Crippen LogP contribution in [0.15, 0.2) is 6.20 Å². The minimum absolute atomic E-state index is 0.0627. The van der Waals surface area contributed by atoms with Gasteiger partial charge < -0.3 is 15.2 Å². The van der Waals surface area contributed by atoms with Crippen molar-refractivity contribution in [2.75, 3.05) is 19.6 Å². The summed E-state index contributed by atoms with van der Waals surface area (Å²) in [5.41, 5.74) is 0.544. The Morgan fingerprint density at radius 3 is 3.18 bits per heavy atom. The third-order valence-electron chi connectivity index (χ3n) is 2.82. The Kier molecular flexibility index (Phi) is 3.78. The molecule has 0 aliphatic carbocycles. The van der Waals surface area contributed by atoms with Crippen LogP contribution < -0.4 is 10.6 Å². The lowest BCUT2D eigenvalue weighted by Crippen LogP contribution is -2.27. The lowest BCUT2D eigenvalue weighted by atomic mass is 10.2. The number of hydrogen-bond donors (Lipinski definition) is 2. The van der Waals surface area contributed by atoms with E-state index >= 15 is 0 Å². The summed E-state index contributed by atoms with van der Waals surface area (Å²) in [4.78, 5) is 16.2. The van der Waals surface area contributed by atoms with Gasteiger partial charge in [0.15, 0.2) is 0 Å². The van der Waals surface area contributed by atoms with Crippen LogP contribution in [0, 0.1) is 5.92 Å². The largest absolute Gasteiger partial charge is 0.350 e. The fraction of sp³-hybridized carbons (Fsp3) is 0.667. The van der Waals surface area contributed by atoms with Gasteiger partial charge in [0.1, 0.15) is 11.5 Å². The number of amides is 1. The number of hydrogen-bond acceptors (Lipinski definition) is 3. The first-order chi connectivity index (χ1) is 8.16. The van der Waals surface area contributed by atoms with Gasteiger partial charge in [0.05, 0.1) is 0 Å². The van der Waals surface area contributed by atoms with Crippen molar-refractivity contribution >= 4 is 5.91 Å². The van der Waals surface area contributed by atoms with E-state index in [4.69, 9.17) is 0 Å². The van der Waals surface area contributed by atoms with Gasteiger partial charge in [-0.2, -0.15) is 0 Å². The molecule has 2 rings (SSSR count). The summed E-state index contributed by atoms with van der Waals surface area (Å²) in [6.07, 6.45) is 2.75. The van der Waals surface area contributed by atoms with Crippen LogP contribution in [0.4, 0.5) is 0 Å². The number of fused-ring (bicyclic) bond motifs is 1. The Morgan fingerprint density at radius 1 is 1.59 bits per heavy atom. The molecule has 0 spiro atoms. The number of rotatable bonds is 3. The molecule has 2 N–H and O–H groups in total. The molecule has 1 aromatic rings. The molecule has 0 radical (unpaired) electrons. The maximum absolute atomic E-state index is 11.9. The van der Waals surface area contributed by atoms with E-state index in [1.165, 1.54) is 0 Å². The zero-order chi connectivity index (χ0) is 12.3. The standard InChI is InChI=1S/C12H20N4O/c1-9(2)7-14-12(17)10-8-16-6-5-13-4-3-11(16)15-10/h8-9,13H,3-7H2,1-2H3,(H,14,17). The molecule has 1 amide bonds. The molecule has 2 heterocycles. The molecule has 0 aromatic carbocycles. The maximum atomic E-state index is 11.9. The predicted molar refractivity (Wildman–Crippen MR) is 66.0 cm³/mol. The lowest BCUT2D eigenvalue weighted by molar-refractivity contribution is 0.0944. The third-order valence-corrected chi connectivity index (χ3v) is 2.82. The predicted octanol–water partition coefficient (Wildman–Crippen LogP) is 0.415. The van der Waals surface area contributed by atoms with E-state index in [0.717, 1.165) is 31.9 Å². The monoisotopic (exact) mass is 236 g/mol. The van der Waals surface area contributed by atoms with E-state index in [2.05, 4.69) is 34.0 Å². The molecule has 0 saturated carbocycles. The van der Waals surface area contributed by atoms with Crippen LogP contribution >= 0.6 is 0 Å². The van der Waals surface area contributed by atoms with Crippen LogP contribution in [0.5, 0.6) is 0 Å². The highest BCUT2D eigenvalue weighted by Gasteiger charge is 2.15. The normalized spacial score (nSPS) is 15.5. The van der Waals surface area contributed by atoms with Crippen LogP contribution in [0.2, 0.25) is 0 Å². The Balaban J connectivity index is 2.04. The minimum atomic E-state index is -0.0627. The Morgan fingerprint density at radius 2 is 2.41 bits per heavy atom. The van der Waals surface area contributed by atoms with E-state index in [1.54, 1.807) is 0 Å². The summed E-state index contributed by atoms with van der Waals surface area (Å²) < 4.78 is 2.07. The fourth-order valence-corrected chi connectivity index (χ4v) is 1.87. The van der Waals surface area contributed by atoms with E-state index in [0.29, 0.717) is 18.2 Å². The maximum Gasteiger partial charge on any atom is 0.271 e. The Hall–Kier alpha value is -1.36. The molecule has 0 bridgehead atoms. The topological polar surface area (TPSA) is 59.0 Å². The second-order valence-electron chi connectivity index (χ2n) is 4.84. The van der Waals surface area contributed by atoms with Crippen molar-refractivity contribution in [2.45, 2.75) is 26.8 Å². The number of carbonyl (C=O) groups excluding carboxylic acids is 1. The van der Waals surface area contributed by atoms with Crippen LogP contribution in [-0.4, -0.2) is 35.1 Å². The Labute approximate surface area is 102 Å². The van der Waals surface area contributed by atoms with Gasteiger partial charge >= 0.3 is 0 Å². The molecular formula is C12H20N4O. The molecule has 5 nitrogen and oxygen atoms in total. The van der Waals surface area contributed by atoms with E-state index in [-0.39, 0.29) is 5.91 Å². The third kappa shape index (κ3) is 3.06. The van der Waals surface area contributed by atoms with Gasteiger partial charge in [-0.05, 0) is 5.92 Å². The van der Waals surface area contributed by atoms with Gasteiger partial charge in [0, 0.05) is 38.8 Å². The minimum Gasteiger partial charge on any atom is -0.350 e.